The van der Waals surface area contributed by atoms with Crippen molar-refractivity contribution in [3.8, 4) is 5.75 Å². The molecule has 0 aliphatic heterocycles. The third-order valence-corrected chi connectivity index (χ3v) is 3.70. The number of ether oxygens (including phenoxy) is 2. The van der Waals surface area contributed by atoms with E-state index in [1.54, 1.807) is 0 Å². The van der Waals surface area contributed by atoms with Crippen molar-refractivity contribution in [2.75, 3.05) is 13.7 Å². The number of hydrogen-bond acceptors (Lipinski definition) is 3. The van der Waals surface area contributed by atoms with E-state index in [2.05, 4.69) is 36.5 Å². The normalized spacial score (nSPS) is 18.1. The minimum absolute atomic E-state index is 0.212. The highest BCUT2D eigenvalue weighted by atomic mass is 16.5. The van der Waals surface area contributed by atoms with Gasteiger partial charge in [0.1, 0.15) is 5.75 Å². The summed E-state index contributed by atoms with van der Waals surface area (Å²) in [4.78, 5) is 0. The van der Waals surface area contributed by atoms with E-state index >= 15 is 0 Å². The number of nitrogens with one attached hydrogen (secondary N) is 1. The summed E-state index contributed by atoms with van der Waals surface area (Å²) in [5, 5.41) is 3.42. The van der Waals surface area contributed by atoms with Crippen LogP contribution in [0.2, 0.25) is 0 Å². The van der Waals surface area contributed by atoms with Gasteiger partial charge >= 0.3 is 0 Å². The highest BCUT2D eigenvalue weighted by molar-refractivity contribution is 5.30. The van der Waals surface area contributed by atoms with Gasteiger partial charge < -0.3 is 14.8 Å². The Bertz CT molecular complexity index is 398. The van der Waals surface area contributed by atoms with Gasteiger partial charge in [-0.05, 0) is 64.3 Å². The van der Waals surface area contributed by atoms with E-state index in [4.69, 9.17) is 9.47 Å². The molecule has 0 bridgehead atoms. The van der Waals surface area contributed by atoms with Crippen molar-refractivity contribution in [2.24, 2.45) is 5.92 Å². The van der Waals surface area contributed by atoms with Gasteiger partial charge in [-0.1, -0.05) is 12.1 Å². The van der Waals surface area contributed by atoms with E-state index in [1.807, 2.05) is 20.9 Å². The third kappa shape index (κ3) is 3.97. The maximum Gasteiger partial charge on any atom is 0.119 e. The zero-order chi connectivity index (χ0) is 14.5. The lowest BCUT2D eigenvalue weighted by Crippen LogP contribution is -2.33. The fraction of sp³-hybridized carbons (Fsp3) is 0.647. The number of likely N-dealkylation sites (N-methyl/N-ethyl adjacent to an activating group) is 1. The van der Waals surface area contributed by atoms with E-state index in [0.29, 0.717) is 5.92 Å². The van der Waals surface area contributed by atoms with Crippen LogP contribution in [0.3, 0.4) is 0 Å². The van der Waals surface area contributed by atoms with Crippen LogP contribution in [0.5, 0.6) is 5.75 Å². The molecule has 1 aliphatic carbocycles. The molecule has 0 saturated heterocycles. The lowest BCUT2D eigenvalue weighted by molar-refractivity contribution is 0.0204. The van der Waals surface area contributed by atoms with E-state index in [1.165, 1.54) is 18.4 Å². The van der Waals surface area contributed by atoms with Gasteiger partial charge in [0.05, 0.1) is 18.2 Å². The van der Waals surface area contributed by atoms with Gasteiger partial charge in [-0.25, -0.2) is 0 Å². The van der Waals surface area contributed by atoms with Crippen LogP contribution >= 0.6 is 0 Å². The SMILES string of the molecule is CCOC(C1CC1)C(NC)c1ccc(OC(C)C)cc1. The first-order chi connectivity index (χ1) is 9.65. The van der Waals surface area contributed by atoms with Gasteiger partial charge in [-0.15, -0.1) is 0 Å². The smallest absolute Gasteiger partial charge is 0.119 e. The van der Waals surface area contributed by atoms with Crippen molar-refractivity contribution in [3.05, 3.63) is 29.8 Å². The second kappa shape index (κ2) is 7.09. The van der Waals surface area contributed by atoms with Gasteiger partial charge in [0, 0.05) is 6.61 Å². The number of benzene rings is 1. The Kier molecular flexibility index (Phi) is 5.44. The van der Waals surface area contributed by atoms with Gasteiger partial charge in [0.25, 0.3) is 0 Å². The molecule has 112 valence electrons. The average molecular weight is 277 g/mol. The first-order valence-corrected chi connectivity index (χ1v) is 7.71. The molecule has 2 rings (SSSR count). The van der Waals surface area contributed by atoms with Crippen LogP contribution in [0.25, 0.3) is 0 Å². The molecule has 0 amide bonds. The molecular formula is C17H27NO2. The molecule has 0 aromatic heterocycles. The molecular weight excluding hydrogens is 250 g/mol. The van der Waals surface area contributed by atoms with Crippen LogP contribution < -0.4 is 10.1 Å². The largest absolute Gasteiger partial charge is 0.491 e. The lowest BCUT2D eigenvalue weighted by Gasteiger charge is -2.27. The second-order valence-electron chi connectivity index (χ2n) is 5.76. The van der Waals surface area contributed by atoms with Crippen LogP contribution in [-0.2, 0) is 4.74 Å². The molecule has 2 unspecified atom stereocenters. The molecule has 1 aliphatic rings. The van der Waals surface area contributed by atoms with E-state index in [-0.39, 0.29) is 18.2 Å². The van der Waals surface area contributed by atoms with Gasteiger partial charge in [-0.2, -0.15) is 0 Å². The topological polar surface area (TPSA) is 30.5 Å². The van der Waals surface area contributed by atoms with Crippen molar-refractivity contribution < 1.29 is 9.47 Å². The Morgan fingerprint density at radius 3 is 2.30 bits per heavy atom. The summed E-state index contributed by atoms with van der Waals surface area (Å²) < 4.78 is 11.7. The van der Waals surface area contributed by atoms with Gasteiger partial charge in [-0.3, -0.25) is 0 Å². The maximum atomic E-state index is 5.97. The van der Waals surface area contributed by atoms with Crippen LogP contribution in [0.4, 0.5) is 0 Å². The maximum absolute atomic E-state index is 5.97. The first-order valence-electron chi connectivity index (χ1n) is 7.71. The number of rotatable bonds is 8. The van der Waals surface area contributed by atoms with Crippen molar-refractivity contribution >= 4 is 0 Å². The molecule has 0 heterocycles. The summed E-state index contributed by atoms with van der Waals surface area (Å²) in [6.07, 6.45) is 3.07. The van der Waals surface area contributed by atoms with Crippen LogP contribution in [0, 0.1) is 5.92 Å². The Morgan fingerprint density at radius 1 is 1.20 bits per heavy atom. The molecule has 3 heteroatoms. The minimum atomic E-state index is 0.212. The second-order valence-corrected chi connectivity index (χ2v) is 5.76. The molecule has 1 aromatic rings. The Hall–Kier alpha value is -1.06. The molecule has 0 radical (unpaired) electrons. The standard InChI is InChI=1S/C17H27NO2/c1-5-19-17(14-6-7-14)16(18-4)13-8-10-15(11-9-13)20-12(2)3/h8-12,14,16-18H,5-7H2,1-4H3. The van der Waals surface area contributed by atoms with Crippen LogP contribution in [-0.4, -0.2) is 25.9 Å². The Labute approximate surface area is 122 Å². The van der Waals surface area contributed by atoms with Crippen molar-refractivity contribution in [1.82, 2.24) is 5.32 Å². The molecule has 1 aromatic carbocycles. The van der Waals surface area contributed by atoms with E-state index in [0.717, 1.165) is 12.4 Å². The fourth-order valence-corrected chi connectivity index (χ4v) is 2.67. The highest BCUT2D eigenvalue weighted by Crippen LogP contribution is 2.40. The third-order valence-electron chi connectivity index (χ3n) is 3.70. The number of hydrogen-bond donors (Lipinski definition) is 1. The van der Waals surface area contributed by atoms with Crippen molar-refractivity contribution in [2.45, 2.75) is 51.9 Å². The summed E-state index contributed by atoms with van der Waals surface area (Å²) in [5.41, 5.74) is 1.27. The van der Waals surface area contributed by atoms with E-state index < -0.39 is 0 Å². The highest BCUT2D eigenvalue weighted by Gasteiger charge is 2.37. The van der Waals surface area contributed by atoms with Gasteiger partial charge in [0.15, 0.2) is 0 Å². The zero-order valence-electron chi connectivity index (χ0n) is 13.1. The fourth-order valence-electron chi connectivity index (χ4n) is 2.67. The first kappa shape index (κ1) is 15.3. The lowest BCUT2D eigenvalue weighted by atomic mass is 9.98. The molecule has 1 fully saturated rings. The molecule has 2 atom stereocenters. The van der Waals surface area contributed by atoms with Crippen molar-refractivity contribution in [1.29, 1.82) is 0 Å². The summed E-state index contributed by atoms with van der Waals surface area (Å²) in [6.45, 7) is 6.93. The quantitative estimate of drug-likeness (QED) is 0.788. The summed E-state index contributed by atoms with van der Waals surface area (Å²) in [7, 11) is 2.01. The Balaban J connectivity index is 2.09. The molecule has 0 spiro atoms. The van der Waals surface area contributed by atoms with Crippen LogP contribution in [0.15, 0.2) is 24.3 Å². The summed E-state index contributed by atoms with van der Waals surface area (Å²) >= 11 is 0. The molecule has 1 N–H and O–H groups in total. The molecule has 1 saturated carbocycles. The molecule has 3 nitrogen and oxygen atoms in total. The zero-order valence-corrected chi connectivity index (χ0v) is 13.1. The summed E-state index contributed by atoms with van der Waals surface area (Å²) in [6, 6.07) is 8.65. The molecule has 20 heavy (non-hydrogen) atoms. The predicted molar refractivity (Wildman–Crippen MR) is 82.1 cm³/mol. The monoisotopic (exact) mass is 277 g/mol. The Morgan fingerprint density at radius 2 is 1.85 bits per heavy atom. The average Bonchev–Trinajstić information content (AvgIpc) is 3.24. The predicted octanol–water partition coefficient (Wildman–Crippen LogP) is 3.55. The minimum Gasteiger partial charge on any atom is -0.491 e. The van der Waals surface area contributed by atoms with Crippen molar-refractivity contribution in [3.63, 3.8) is 0 Å². The van der Waals surface area contributed by atoms with E-state index in [9.17, 15) is 0 Å². The summed E-state index contributed by atoms with van der Waals surface area (Å²) in [5.74, 6) is 1.64. The van der Waals surface area contributed by atoms with Crippen LogP contribution in [0.1, 0.15) is 45.2 Å². The van der Waals surface area contributed by atoms with Gasteiger partial charge in [0.2, 0.25) is 0 Å².